The van der Waals surface area contributed by atoms with Crippen LogP contribution in [0.4, 0.5) is 5.82 Å². The highest BCUT2D eigenvalue weighted by Gasteiger charge is 2.09. The largest absolute Gasteiger partial charge is 0.497 e. The summed E-state index contributed by atoms with van der Waals surface area (Å²) in [5.74, 6) is 1.80. The predicted molar refractivity (Wildman–Crippen MR) is 84.4 cm³/mol. The molecule has 0 amide bonds. The van der Waals surface area contributed by atoms with E-state index >= 15 is 0 Å². The molecule has 0 aliphatic heterocycles. The summed E-state index contributed by atoms with van der Waals surface area (Å²) in [6, 6.07) is 8.41. The highest BCUT2D eigenvalue weighted by atomic mass is 79.9. The van der Waals surface area contributed by atoms with Gasteiger partial charge in [0.1, 0.15) is 11.6 Å². The van der Waals surface area contributed by atoms with Crippen LogP contribution in [0.2, 0.25) is 0 Å². The Morgan fingerprint density at radius 2 is 2.11 bits per heavy atom. The SMILES string of the molecule is COc1ccc2c(NC(C)CC(C)Br)nccc2c1. The zero-order chi connectivity index (χ0) is 13.8. The van der Waals surface area contributed by atoms with Gasteiger partial charge in [0.2, 0.25) is 0 Å². The molecule has 0 aliphatic carbocycles. The summed E-state index contributed by atoms with van der Waals surface area (Å²) in [7, 11) is 1.68. The average molecular weight is 323 g/mol. The Morgan fingerprint density at radius 3 is 2.79 bits per heavy atom. The molecule has 0 bridgehead atoms. The van der Waals surface area contributed by atoms with Gasteiger partial charge in [0.05, 0.1) is 7.11 Å². The van der Waals surface area contributed by atoms with E-state index in [4.69, 9.17) is 4.74 Å². The maximum absolute atomic E-state index is 5.25. The summed E-state index contributed by atoms with van der Waals surface area (Å²) in [5, 5.41) is 5.73. The zero-order valence-electron chi connectivity index (χ0n) is 11.5. The van der Waals surface area contributed by atoms with Gasteiger partial charge in [-0.15, -0.1) is 0 Å². The van der Waals surface area contributed by atoms with Crippen molar-refractivity contribution < 1.29 is 4.74 Å². The Morgan fingerprint density at radius 1 is 1.32 bits per heavy atom. The van der Waals surface area contributed by atoms with E-state index in [0.29, 0.717) is 10.9 Å². The second-order valence-electron chi connectivity index (χ2n) is 4.81. The molecule has 0 spiro atoms. The number of alkyl halides is 1. The standard InChI is InChI=1S/C15H19BrN2O/c1-10(16)8-11(2)18-15-14-5-4-13(19-3)9-12(14)6-7-17-15/h4-7,9-11H,8H2,1-3H3,(H,17,18). The number of pyridine rings is 1. The van der Waals surface area contributed by atoms with Crippen LogP contribution in [0.3, 0.4) is 0 Å². The number of hydrogen-bond acceptors (Lipinski definition) is 3. The van der Waals surface area contributed by atoms with Crippen molar-refractivity contribution in [2.24, 2.45) is 0 Å². The quantitative estimate of drug-likeness (QED) is 0.837. The van der Waals surface area contributed by atoms with E-state index in [9.17, 15) is 0 Å². The third kappa shape index (κ3) is 3.60. The van der Waals surface area contributed by atoms with Gasteiger partial charge >= 0.3 is 0 Å². The molecule has 1 N–H and O–H groups in total. The monoisotopic (exact) mass is 322 g/mol. The molecular weight excluding hydrogens is 304 g/mol. The van der Waals surface area contributed by atoms with Crippen molar-refractivity contribution in [3.05, 3.63) is 30.5 Å². The predicted octanol–water partition coefficient (Wildman–Crippen LogP) is 4.22. The lowest BCUT2D eigenvalue weighted by molar-refractivity contribution is 0.415. The maximum atomic E-state index is 5.25. The molecule has 0 fully saturated rings. The number of ether oxygens (including phenoxy) is 1. The van der Waals surface area contributed by atoms with Crippen molar-refractivity contribution in [3.63, 3.8) is 0 Å². The van der Waals surface area contributed by atoms with Crippen LogP contribution >= 0.6 is 15.9 Å². The van der Waals surface area contributed by atoms with Gasteiger partial charge in [0.15, 0.2) is 0 Å². The molecule has 2 rings (SSSR count). The van der Waals surface area contributed by atoms with Gasteiger partial charge in [-0.05, 0) is 43.0 Å². The summed E-state index contributed by atoms with van der Waals surface area (Å²) in [6.07, 6.45) is 2.88. The van der Waals surface area contributed by atoms with Crippen LogP contribution in [-0.4, -0.2) is 23.0 Å². The smallest absolute Gasteiger partial charge is 0.134 e. The van der Waals surface area contributed by atoms with Crippen molar-refractivity contribution in [1.29, 1.82) is 0 Å². The Kier molecular flexibility index (Phi) is 4.64. The molecule has 0 aliphatic rings. The third-order valence-corrected chi connectivity index (χ3v) is 3.41. The summed E-state index contributed by atoms with van der Waals surface area (Å²) >= 11 is 3.58. The highest BCUT2D eigenvalue weighted by Crippen LogP contribution is 2.26. The van der Waals surface area contributed by atoms with Crippen molar-refractivity contribution in [2.45, 2.75) is 31.1 Å². The number of fused-ring (bicyclic) bond motifs is 1. The van der Waals surface area contributed by atoms with Crippen molar-refractivity contribution in [1.82, 2.24) is 4.98 Å². The molecule has 2 unspecified atom stereocenters. The minimum absolute atomic E-state index is 0.370. The third-order valence-electron chi connectivity index (χ3n) is 3.03. The van der Waals surface area contributed by atoms with E-state index in [0.717, 1.165) is 28.8 Å². The number of halogens is 1. The maximum Gasteiger partial charge on any atom is 0.134 e. The Labute approximate surface area is 122 Å². The molecule has 1 aromatic heterocycles. The van der Waals surface area contributed by atoms with E-state index < -0.39 is 0 Å². The summed E-state index contributed by atoms with van der Waals surface area (Å²) < 4.78 is 5.25. The molecule has 0 saturated heterocycles. The van der Waals surface area contributed by atoms with Gasteiger partial charge in [0, 0.05) is 22.5 Å². The van der Waals surface area contributed by atoms with Gasteiger partial charge in [0.25, 0.3) is 0 Å². The number of aromatic nitrogens is 1. The van der Waals surface area contributed by atoms with Crippen LogP contribution < -0.4 is 10.1 Å². The number of methoxy groups -OCH3 is 1. The summed E-state index contributed by atoms with van der Waals surface area (Å²) in [5.41, 5.74) is 0. The fourth-order valence-corrected chi connectivity index (χ4v) is 2.74. The van der Waals surface area contributed by atoms with Crippen LogP contribution in [0.5, 0.6) is 5.75 Å². The van der Waals surface area contributed by atoms with Gasteiger partial charge in [-0.3, -0.25) is 0 Å². The molecule has 0 saturated carbocycles. The number of nitrogens with zero attached hydrogens (tertiary/aromatic N) is 1. The number of hydrogen-bond donors (Lipinski definition) is 1. The normalized spacial score (nSPS) is 14.1. The molecule has 1 aromatic carbocycles. The van der Waals surface area contributed by atoms with Crippen molar-refractivity contribution in [2.75, 3.05) is 12.4 Å². The van der Waals surface area contributed by atoms with Gasteiger partial charge in [-0.2, -0.15) is 0 Å². The lowest BCUT2D eigenvalue weighted by atomic mass is 10.1. The zero-order valence-corrected chi connectivity index (χ0v) is 13.1. The number of nitrogens with one attached hydrogen (secondary N) is 1. The second kappa shape index (κ2) is 6.24. The minimum Gasteiger partial charge on any atom is -0.497 e. The molecule has 4 heteroatoms. The molecule has 2 atom stereocenters. The van der Waals surface area contributed by atoms with E-state index in [1.54, 1.807) is 7.11 Å². The van der Waals surface area contributed by atoms with Crippen LogP contribution in [-0.2, 0) is 0 Å². The van der Waals surface area contributed by atoms with Crippen LogP contribution in [0.25, 0.3) is 10.8 Å². The van der Waals surface area contributed by atoms with E-state index in [1.807, 2.05) is 30.5 Å². The average Bonchev–Trinajstić information content (AvgIpc) is 2.37. The number of benzene rings is 1. The van der Waals surface area contributed by atoms with Crippen molar-refractivity contribution >= 4 is 32.5 Å². The topological polar surface area (TPSA) is 34.1 Å². The Bertz CT molecular complexity index is 557. The van der Waals surface area contributed by atoms with Crippen LogP contribution in [0.1, 0.15) is 20.3 Å². The molecule has 3 nitrogen and oxygen atoms in total. The highest BCUT2D eigenvalue weighted by molar-refractivity contribution is 9.09. The first-order valence-electron chi connectivity index (χ1n) is 6.43. The molecule has 1 heterocycles. The summed E-state index contributed by atoms with van der Waals surface area (Å²) in [4.78, 5) is 4.93. The fourth-order valence-electron chi connectivity index (χ4n) is 2.18. The first kappa shape index (κ1) is 14.1. The van der Waals surface area contributed by atoms with E-state index in [1.165, 1.54) is 0 Å². The lowest BCUT2D eigenvalue weighted by Gasteiger charge is -2.17. The van der Waals surface area contributed by atoms with E-state index in [-0.39, 0.29) is 0 Å². The van der Waals surface area contributed by atoms with Crippen LogP contribution in [0.15, 0.2) is 30.5 Å². The number of anilines is 1. The molecule has 0 radical (unpaired) electrons. The van der Waals surface area contributed by atoms with Gasteiger partial charge in [-0.25, -0.2) is 4.98 Å². The Balaban J connectivity index is 2.28. The second-order valence-corrected chi connectivity index (χ2v) is 6.37. The number of rotatable bonds is 5. The van der Waals surface area contributed by atoms with Gasteiger partial charge < -0.3 is 10.1 Å². The molecular formula is C15H19BrN2O. The van der Waals surface area contributed by atoms with Crippen LogP contribution in [0, 0.1) is 0 Å². The van der Waals surface area contributed by atoms with E-state index in [2.05, 4.69) is 40.1 Å². The first-order chi connectivity index (χ1) is 9.10. The summed E-state index contributed by atoms with van der Waals surface area (Å²) in [6.45, 7) is 4.32. The Hall–Kier alpha value is -1.29. The minimum atomic E-state index is 0.370. The lowest BCUT2D eigenvalue weighted by Crippen LogP contribution is -2.19. The molecule has 102 valence electrons. The fraction of sp³-hybridized carbons (Fsp3) is 0.400. The molecule has 2 aromatic rings. The first-order valence-corrected chi connectivity index (χ1v) is 7.35. The molecule has 19 heavy (non-hydrogen) atoms. The van der Waals surface area contributed by atoms with Gasteiger partial charge in [-0.1, -0.05) is 22.9 Å². The van der Waals surface area contributed by atoms with Crippen molar-refractivity contribution in [3.8, 4) is 5.75 Å².